The normalized spacial score (nSPS) is 18.7. The number of ether oxygens (including phenoxy) is 1. The predicted molar refractivity (Wildman–Crippen MR) is 77.2 cm³/mol. The molecule has 0 aromatic carbocycles. The molecule has 1 amide bonds. The average molecular weight is 341 g/mol. The number of rotatable bonds is 3. The maximum atomic E-state index is 12.6. The molecule has 1 fully saturated rings. The molecule has 20 heavy (non-hydrogen) atoms. The van der Waals surface area contributed by atoms with Gasteiger partial charge in [-0.15, -0.1) is 0 Å². The van der Waals surface area contributed by atoms with Gasteiger partial charge in [0.15, 0.2) is 0 Å². The average Bonchev–Trinajstić information content (AvgIpc) is 2.47. The van der Waals surface area contributed by atoms with Gasteiger partial charge in [-0.05, 0) is 48.2 Å². The number of hydrogen-bond donors (Lipinski definition) is 0. The first-order chi connectivity index (χ1) is 9.65. The summed E-state index contributed by atoms with van der Waals surface area (Å²) in [6, 6.07) is 1.18. The van der Waals surface area contributed by atoms with Crippen molar-refractivity contribution in [3.63, 3.8) is 0 Å². The summed E-state index contributed by atoms with van der Waals surface area (Å²) in [6.45, 7) is 2.68. The minimum Gasteiger partial charge on any atom is -0.464 e. The second-order valence-corrected chi connectivity index (χ2v) is 5.47. The fourth-order valence-corrected chi connectivity index (χ4v) is 2.78. The summed E-state index contributed by atoms with van der Waals surface area (Å²) in [6.07, 6.45) is 5.65. The number of hydrogen-bond acceptors (Lipinski definition) is 4. The minimum atomic E-state index is -0.476. The molecule has 0 radical (unpaired) electrons. The topological polar surface area (TPSA) is 59.5 Å². The van der Waals surface area contributed by atoms with E-state index in [1.54, 1.807) is 30.3 Å². The predicted octanol–water partition coefficient (Wildman–Crippen LogP) is 2.40. The molecule has 108 valence electrons. The SMILES string of the molecule is CCOC(=O)[C@H]1CCCCN1C(=O)c1ccncc1Br. The summed E-state index contributed by atoms with van der Waals surface area (Å²) >= 11 is 3.33. The first-order valence-electron chi connectivity index (χ1n) is 6.72. The van der Waals surface area contributed by atoms with Crippen LogP contribution in [-0.2, 0) is 9.53 Å². The Morgan fingerprint density at radius 3 is 3.00 bits per heavy atom. The number of amides is 1. The Bertz CT molecular complexity index is 507. The molecule has 0 bridgehead atoms. The molecule has 1 atom stereocenters. The third kappa shape index (κ3) is 3.17. The van der Waals surface area contributed by atoms with Gasteiger partial charge < -0.3 is 9.64 Å². The molecule has 1 aromatic heterocycles. The third-order valence-electron chi connectivity index (χ3n) is 3.33. The van der Waals surface area contributed by atoms with Crippen LogP contribution in [0.4, 0.5) is 0 Å². The van der Waals surface area contributed by atoms with Crippen molar-refractivity contribution in [2.45, 2.75) is 32.2 Å². The molecule has 0 N–H and O–H groups in total. The third-order valence-corrected chi connectivity index (χ3v) is 3.96. The highest BCUT2D eigenvalue weighted by molar-refractivity contribution is 9.10. The van der Waals surface area contributed by atoms with E-state index in [1.165, 1.54) is 0 Å². The van der Waals surface area contributed by atoms with Gasteiger partial charge in [0, 0.05) is 23.4 Å². The van der Waals surface area contributed by atoms with Crippen LogP contribution in [-0.4, -0.2) is 41.0 Å². The van der Waals surface area contributed by atoms with Crippen molar-refractivity contribution in [1.29, 1.82) is 0 Å². The van der Waals surface area contributed by atoms with Gasteiger partial charge in [0.2, 0.25) is 0 Å². The van der Waals surface area contributed by atoms with E-state index in [9.17, 15) is 9.59 Å². The van der Waals surface area contributed by atoms with E-state index in [4.69, 9.17) is 4.74 Å². The maximum absolute atomic E-state index is 12.6. The first-order valence-corrected chi connectivity index (χ1v) is 7.51. The summed E-state index contributed by atoms with van der Waals surface area (Å²) in [7, 11) is 0. The van der Waals surface area contributed by atoms with E-state index in [2.05, 4.69) is 20.9 Å². The fourth-order valence-electron chi connectivity index (χ4n) is 2.36. The Hall–Kier alpha value is -1.43. The van der Waals surface area contributed by atoms with Crippen molar-refractivity contribution in [2.75, 3.05) is 13.2 Å². The molecule has 1 saturated heterocycles. The van der Waals surface area contributed by atoms with Crippen molar-refractivity contribution >= 4 is 27.8 Å². The lowest BCUT2D eigenvalue weighted by Crippen LogP contribution is -2.48. The van der Waals surface area contributed by atoms with Gasteiger partial charge in [-0.25, -0.2) is 4.79 Å². The molecule has 0 saturated carbocycles. The van der Waals surface area contributed by atoms with Crippen LogP contribution >= 0.6 is 15.9 Å². The van der Waals surface area contributed by atoms with Gasteiger partial charge in [0.25, 0.3) is 5.91 Å². The number of carbonyl (C=O) groups excluding carboxylic acids is 2. The molecular formula is C14H17BrN2O3. The van der Waals surface area contributed by atoms with E-state index in [0.29, 0.717) is 29.6 Å². The molecule has 1 aromatic rings. The Kier molecular flexibility index (Phi) is 5.11. The Balaban J connectivity index is 2.22. The zero-order valence-corrected chi connectivity index (χ0v) is 12.9. The Morgan fingerprint density at radius 1 is 1.50 bits per heavy atom. The second-order valence-electron chi connectivity index (χ2n) is 4.62. The number of likely N-dealkylation sites (tertiary alicyclic amines) is 1. The van der Waals surface area contributed by atoms with Crippen LogP contribution < -0.4 is 0 Å². The highest BCUT2D eigenvalue weighted by atomic mass is 79.9. The van der Waals surface area contributed by atoms with E-state index >= 15 is 0 Å². The summed E-state index contributed by atoms with van der Waals surface area (Å²) in [5.74, 6) is -0.470. The summed E-state index contributed by atoms with van der Waals surface area (Å²) in [4.78, 5) is 30.1. The highest BCUT2D eigenvalue weighted by Crippen LogP contribution is 2.23. The standard InChI is InChI=1S/C14H17BrN2O3/c1-2-20-14(19)12-5-3-4-8-17(12)13(18)10-6-7-16-9-11(10)15/h6-7,9,12H,2-5,8H2,1H3/t12-/m1/s1. The van der Waals surface area contributed by atoms with Gasteiger partial charge >= 0.3 is 5.97 Å². The maximum Gasteiger partial charge on any atom is 0.328 e. The number of pyridine rings is 1. The molecular weight excluding hydrogens is 324 g/mol. The smallest absolute Gasteiger partial charge is 0.328 e. The van der Waals surface area contributed by atoms with Gasteiger partial charge in [0.05, 0.1) is 12.2 Å². The van der Waals surface area contributed by atoms with Crippen molar-refractivity contribution < 1.29 is 14.3 Å². The Morgan fingerprint density at radius 2 is 2.30 bits per heavy atom. The monoisotopic (exact) mass is 340 g/mol. The molecule has 0 aliphatic carbocycles. The van der Waals surface area contributed by atoms with Crippen molar-refractivity contribution in [3.05, 3.63) is 28.5 Å². The molecule has 2 heterocycles. The molecule has 0 spiro atoms. The van der Waals surface area contributed by atoms with Crippen LogP contribution in [0.3, 0.4) is 0 Å². The van der Waals surface area contributed by atoms with Gasteiger partial charge in [-0.2, -0.15) is 0 Å². The number of halogens is 1. The lowest BCUT2D eigenvalue weighted by molar-refractivity contribution is -0.149. The van der Waals surface area contributed by atoms with Gasteiger partial charge in [0.1, 0.15) is 6.04 Å². The largest absolute Gasteiger partial charge is 0.464 e. The first kappa shape index (κ1) is 15.0. The van der Waals surface area contributed by atoms with Crippen molar-refractivity contribution in [1.82, 2.24) is 9.88 Å². The highest BCUT2D eigenvalue weighted by Gasteiger charge is 2.34. The van der Waals surface area contributed by atoms with Crippen LogP contribution in [0.25, 0.3) is 0 Å². The molecule has 5 nitrogen and oxygen atoms in total. The zero-order valence-electron chi connectivity index (χ0n) is 11.3. The number of carbonyl (C=O) groups is 2. The Labute approximate surface area is 126 Å². The lowest BCUT2D eigenvalue weighted by atomic mass is 10.0. The quantitative estimate of drug-likeness (QED) is 0.792. The van der Waals surface area contributed by atoms with Crippen LogP contribution in [0.5, 0.6) is 0 Å². The minimum absolute atomic E-state index is 0.156. The number of piperidine rings is 1. The number of nitrogens with zero attached hydrogens (tertiary/aromatic N) is 2. The molecule has 0 unspecified atom stereocenters. The lowest BCUT2D eigenvalue weighted by Gasteiger charge is -2.34. The molecule has 1 aliphatic rings. The van der Waals surface area contributed by atoms with Crippen molar-refractivity contribution in [3.8, 4) is 0 Å². The van der Waals surface area contributed by atoms with Crippen LogP contribution in [0.1, 0.15) is 36.5 Å². The van der Waals surface area contributed by atoms with E-state index in [0.717, 1.165) is 12.8 Å². The number of esters is 1. The van der Waals surface area contributed by atoms with Crippen LogP contribution in [0.15, 0.2) is 22.9 Å². The van der Waals surface area contributed by atoms with E-state index in [-0.39, 0.29) is 11.9 Å². The van der Waals surface area contributed by atoms with E-state index in [1.807, 2.05) is 0 Å². The van der Waals surface area contributed by atoms with Crippen molar-refractivity contribution in [2.24, 2.45) is 0 Å². The summed E-state index contributed by atoms with van der Waals surface area (Å²) < 4.78 is 5.71. The van der Waals surface area contributed by atoms with Gasteiger partial charge in [-0.3, -0.25) is 9.78 Å². The zero-order chi connectivity index (χ0) is 14.5. The molecule has 1 aliphatic heterocycles. The summed E-state index contributed by atoms with van der Waals surface area (Å²) in [5.41, 5.74) is 0.524. The second kappa shape index (κ2) is 6.83. The van der Waals surface area contributed by atoms with Crippen LogP contribution in [0.2, 0.25) is 0 Å². The molecule has 2 rings (SSSR count). The van der Waals surface area contributed by atoms with Gasteiger partial charge in [-0.1, -0.05) is 0 Å². The summed E-state index contributed by atoms with van der Waals surface area (Å²) in [5, 5.41) is 0. The number of aromatic nitrogens is 1. The van der Waals surface area contributed by atoms with E-state index < -0.39 is 6.04 Å². The fraction of sp³-hybridized carbons (Fsp3) is 0.500. The van der Waals surface area contributed by atoms with Crippen LogP contribution in [0, 0.1) is 0 Å². The molecule has 6 heteroatoms.